The summed E-state index contributed by atoms with van der Waals surface area (Å²) < 4.78 is 0. The van der Waals surface area contributed by atoms with Gasteiger partial charge >= 0.3 is 0 Å². The summed E-state index contributed by atoms with van der Waals surface area (Å²) in [6.45, 7) is 7.06. The smallest absolute Gasteiger partial charge is 0.0264 e. The number of hydrogen-bond acceptors (Lipinski definition) is 2. The van der Waals surface area contributed by atoms with Gasteiger partial charge in [-0.3, -0.25) is 4.90 Å². The summed E-state index contributed by atoms with van der Waals surface area (Å²) in [4.78, 5) is 2.69. The average Bonchev–Trinajstić information content (AvgIpc) is 2.81. The normalized spacial score (nSPS) is 29.2. The van der Waals surface area contributed by atoms with E-state index in [9.17, 15) is 0 Å². The van der Waals surface area contributed by atoms with Crippen LogP contribution in [-0.4, -0.2) is 30.6 Å². The number of piperidine rings is 1. The van der Waals surface area contributed by atoms with Crippen LogP contribution in [0.25, 0.3) is 0 Å². The van der Waals surface area contributed by atoms with E-state index in [0.717, 1.165) is 18.5 Å². The number of hydrogen-bond donors (Lipinski definition) is 1. The van der Waals surface area contributed by atoms with Gasteiger partial charge in [-0.25, -0.2) is 0 Å². The minimum absolute atomic E-state index is 0.781. The van der Waals surface area contributed by atoms with Crippen LogP contribution in [0.1, 0.15) is 24.0 Å². The van der Waals surface area contributed by atoms with E-state index in [0.29, 0.717) is 0 Å². The molecule has 1 N–H and O–H groups in total. The van der Waals surface area contributed by atoms with Gasteiger partial charge in [-0.15, -0.1) is 0 Å². The zero-order chi connectivity index (χ0) is 11.7. The number of nitrogens with one attached hydrogen (secondary N) is 1. The maximum atomic E-state index is 3.55. The van der Waals surface area contributed by atoms with E-state index in [4.69, 9.17) is 0 Å². The summed E-state index contributed by atoms with van der Waals surface area (Å²) >= 11 is 0. The second kappa shape index (κ2) is 4.79. The summed E-state index contributed by atoms with van der Waals surface area (Å²) in [6, 6.07) is 9.58. The Bertz CT molecular complexity index is 388. The first-order chi connectivity index (χ1) is 8.34. The molecule has 0 saturated carbocycles. The lowest BCUT2D eigenvalue weighted by molar-refractivity contribution is 0.117. The number of nitrogens with zero attached hydrogens (tertiary/aromatic N) is 1. The first kappa shape index (κ1) is 11.2. The third kappa shape index (κ3) is 2.24. The highest BCUT2D eigenvalue weighted by Crippen LogP contribution is 2.28. The predicted octanol–water partition coefficient (Wildman–Crippen LogP) is 2.18. The van der Waals surface area contributed by atoms with E-state index in [1.165, 1.54) is 43.6 Å². The molecule has 2 atom stereocenters. The van der Waals surface area contributed by atoms with Crippen LogP contribution in [0, 0.1) is 12.8 Å². The van der Waals surface area contributed by atoms with Gasteiger partial charge in [0.2, 0.25) is 0 Å². The van der Waals surface area contributed by atoms with Gasteiger partial charge in [0.25, 0.3) is 0 Å². The molecule has 2 nitrogen and oxygen atoms in total. The molecule has 2 fully saturated rings. The van der Waals surface area contributed by atoms with Crippen molar-refractivity contribution in [3.8, 4) is 0 Å². The van der Waals surface area contributed by atoms with E-state index in [1.54, 1.807) is 0 Å². The number of aryl methyl sites for hydroxylation is 1. The van der Waals surface area contributed by atoms with Crippen LogP contribution in [0.2, 0.25) is 0 Å². The lowest BCUT2D eigenvalue weighted by Gasteiger charge is -2.37. The first-order valence-corrected chi connectivity index (χ1v) is 6.84. The summed E-state index contributed by atoms with van der Waals surface area (Å²) in [5, 5.41) is 3.55. The third-order valence-electron chi connectivity index (χ3n) is 4.43. The van der Waals surface area contributed by atoms with Gasteiger partial charge in [-0.05, 0) is 49.9 Å². The minimum atomic E-state index is 0.781. The topological polar surface area (TPSA) is 15.3 Å². The van der Waals surface area contributed by atoms with Crippen molar-refractivity contribution in [2.75, 3.05) is 19.6 Å². The van der Waals surface area contributed by atoms with Crippen molar-refractivity contribution >= 4 is 0 Å². The predicted molar refractivity (Wildman–Crippen MR) is 71.0 cm³/mol. The molecule has 2 heterocycles. The van der Waals surface area contributed by atoms with Crippen molar-refractivity contribution in [3.05, 3.63) is 35.4 Å². The highest BCUT2D eigenvalue weighted by atomic mass is 15.2. The molecular weight excluding hydrogens is 208 g/mol. The SMILES string of the molecule is Cc1ccccc1CN1CCCC2CNCC21. The molecule has 0 radical (unpaired) electrons. The van der Waals surface area contributed by atoms with Crippen LogP contribution < -0.4 is 5.32 Å². The molecule has 0 spiro atoms. The van der Waals surface area contributed by atoms with Crippen LogP contribution in [0.5, 0.6) is 0 Å². The molecular formula is C15H22N2. The van der Waals surface area contributed by atoms with E-state index in [-0.39, 0.29) is 0 Å². The number of likely N-dealkylation sites (tertiary alicyclic amines) is 1. The Balaban J connectivity index is 1.74. The molecule has 3 rings (SSSR count). The van der Waals surface area contributed by atoms with Crippen LogP contribution in [0.3, 0.4) is 0 Å². The largest absolute Gasteiger partial charge is 0.315 e. The maximum Gasteiger partial charge on any atom is 0.0264 e. The van der Waals surface area contributed by atoms with Crippen molar-refractivity contribution in [2.24, 2.45) is 5.92 Å². The number of fused-ring (bicyclic) bond motifs is 1. The zero-order valence-corrected chi connectivity index (χ0v) is 10.7. The average molecular weight is 230 g/mol. The van der Waals surface area contributed by atoms with Gasteiger partial charge in [0, 0.05) is 19.1 Å². The number of benzene rings is 1. The van der Waals surface area contributed by atoms with Crippen molar-refractivity contribution < 1.29 is 0 Å². The lowest BCUT2D eigenvalue weighted by Crippen LogP contribution is -2.44. The summed E-state index contributed by atoms with van der Waals surface area (Å²) in [5.74, 6) is 0.896. The van der Waals surface area contributed by atoms with Gasteiger partial charge in [-0.2, -0.15) is 0 Å². The molecule has 2 aliphatic rings. The van der Waals surface area contributed by atoms with Crippen LogP contribution in [0.15, 0.2) is 24.3 Å². The monoisotopic (exact) mass is 230 g/mol. The molecule has 2 heteroatoms. The fraction of sp³-hybridized carbons (Fsp3) is 0.600. The zero-order valence-electron chi connectivity index (χ0n) is 10.7. The van der Waals surface area contributed by atoms with E-state index in [1.807, 2.05) is 0 Å². The number of rotatable bonds is 2. The molecule has 2 unspecified atom stereocenters. The van der Waals surface area contributed by atoms with E-state index < -0.39 is 0 Å². The van der Waals surface area contributed by atoms with Crippen molar-refractivity contribution in [1.29, 1.82) is 0 Å². The Labute approximate surface area is 104 Å². The fourth-order valence-corrected chi connectivity index (χ4v) is 3.37. The summed E-state index contributed by atoms with van der Waals surface area (Å²) in [5.41, 5.74) is 2.93. The molecule has 0 aromatic heterocycles. The minimum Gasteiger partial charge on any atom is -0.315 e. The summed E-state index contributed by atoms with van der Waals surface area (Å²) in [7, 11) is 0. The van der Waals surface area contributed by atoms with Gasteiger partial charge in [0.1, 0.15) is 0 Å². The van der Waals surface area contributed by atoms with Gasteiger partial charge in [0.05, 0.1) is 0 Å². The van der Waals surface area contributed by atoms with Crippen LogP contribution in [0.4, 0.5) is 0 Å². The molecule has 0 aliphatic carbocycles. The molecule has 2 aliphatic heterocycles. The Morgan fingerprint density at radius 2 is 2.18 bits per heavy atom. The lowest BCUT2D eigenvalue weighted by atomic mass is 9.91. The fourth-order valence-electron chi connectivity index (χ4n) is 3.37. The molecule has 1 aromatic carbocycles. The van der Waals surface area contributed by atoms with Gasteiger partial charge < -0.3 is 5.32 Å². The van der Waals surface area contributed by atoms with Crippen molar-refractivity contribution in [3.63, 3.8) is 0 Å². The molecule has 1 aromatic rings. The van der Waals surface area contributed by atoms with Gasteiger partial charge in [0.15, 0.2) is 0 Å². The van der Waals surface area contributed by atoms with Crippen molar-refractivity contribution in [2.45, 2.75) is 32.4 Å². The van der Waals surface area contributed by atoms with Gasteiger partial charge in [-0.1, -0.05) is 24.3 Å². The Morgan fingerprint density at radius 3 is 3.06 bits per heavy atom. The van der Waals surface area contributed by atoms with Crippen molar-refractivity contribution in [1.82, 2.24) is 10.2 Å². The first-order valence-electron chi connectivity index (χ1n) is 6.84. The highest BCUT2D eigenvalue weighted by molar-refractivity contribution is 5.25. The second-order valence-corrected chi connectivity index (χ2v) is 5.52. The molecule has 0 amide bonds. The molecule has 92 valence electrons. The highest BCUT2D eigenvalue weighted by Gasteiger charge is 2.34. The Kier molecular flexibility index (Phi) is 3.17. The standard InChI is InChI=1S/C15H22N2/c1-12-5-2-3-6-14(12)11-17-8-4-7-13-9-16-10-15(13)17/h2-3,5-6,13,15-16H,4,7-11H2,1H3. The van der Waals surface area contributed by atoms with Crippen LogP contribution >= 0.6 is 0 Å². The second-order valence-electron chi connectivity index (χ2n) is 5.52. The van der Waals surface area contributed by atoms with E-state index >= 15 is 0 Å². The third-order valence-corrected chi connectivity index (χ3v) is 4.43. The van der Waals surface area contributed by atoms with Crippen LogP contribution in [-0.2, 0) is 6.54 Å². The maximum absolute atomic E-state index is 3.55. The Morgan fingerprint density at radius 1 is 1.29 bits per heavy atom. The molecule has 2 saturated heterocycles. The molecule has 0 bridgehead atoms. The quantitative estimate of drug-likeness (QED) is 0.837. The summed E-state index contributed by atoms with van der Waals surface area (Å²) in [6.07, 6.45) is 2.79. The Hall–Kier alpha value is -0.860. The molecule has 17 heavy (non-hydrogen) atoms. The van der Waals surface area contributed by atoms with E-state index in [2.05, 4.69) is 41.4 Å².